The van der Waals surface area contributed by atoms with Crippen LogP contribution in [0.2, 0.25) is 0 Å². The van der Waals surface area contributed by atoms with Gasteiger partial charge in [0.2, 0.25) is 5.91 Å². The highest BCUT2D eigenvalue weighted by Gasteiger charge is 2.22. The molecule has 0 unspecified atom stereocenters. The van der Waals surface area contributed by atoms with Crippen molar-refractivity contribution in [3.63, 3.8) is 0 Å². The molecular formula is C23H23NO. The summed E-state index contributed by atoms with van der Waals surface area (Å²) in [5.41, 5.74) is 4.07. The third-order valence-corrected chi connectivity index (χ3v) is 4.37. The Bertz CT molecular complexity index is 768. The van der Waals surface area contributed by atoms with E-state index in [-0.39, 0.29) is 11.8 Å². The van der Waals surface area contributed by atoms with Gasteiger partial charge in [-0.15, -0.1) is 0 Å². The number of hydrogen-bond acceptors (Lipinski definition) is 1. The molecule has 3 aromatic carbocycles. The van der Waals surface area contributed by atoms with Crippen molar-refractivity contribution in [2.75, 3.05) is 5.32 Å². The van der Waals surface area contributed by atoms with Gasteiger partial charge in [-0.05, 0) is 34.7 Å². The van der Waals surface area contributed by atoms with Gasteiger partial charge < -0.3 is 5.32 Å². The Hall–Kier alpha value is -2.87. The first kappa shape index (κ1) is 17.0. The fraction of sp³-hybridized carbons (Fsp3) is 0.174. The third kappa shape index (κ3) is 4.16. The van der Waals surface area contributed by atoms with Gasteiger partial charge in [0.25, 0.3) is 0 Å². The molecule has 0 saturated carbocycles. The van der Waals surface area contributed by atoms with Gasteiger partial charge in [-0.25, -0.2) is 0 Å². The van der Waals surface area contributed by atoms with Crippen LogP contribution in [0.15, 0.2) is 84.9 Å². The Morgan fingerprint density at radius 3 is 1.60 bits per heavy atom. The number of carbonyl (C=O) groups excluding carboxylic acids is 1. The first-order valence-corrected chi connectivity index (χ1v) is 8.66. The van der Waals surface area contributed by atoms with Crippen molar-refractivity contribution in [2.24, 2.45) is 0 Å². The molecular weight excluding hydrogens is 306 g/mol. The summed E-state index contributed by atoms with van der Waals surface area (Å²) in [6.07, 6.45) is 0. The van der Waals surface area contributed by atoms with E-state index in [1.165, 1.54) is 5.56 Å². The molecule has 25 heavy (non-hydrogen) atoms. The van der Waals surface area contributed by atoms with Crippen LogP contribution in [0.1, 0.15) is 42.4 Å². The van der Waals surface area contributed by atoms with Crippen LogP contribution in [0.25, 0.3) is 0 Å². The fourth-order valence-electron chi connectivity index (χ4n) is 2.95. The summed E-state index contributed by atoms with van der Waals surface area (Å²) in [6.45, 7) is 4.32. The molecule has 0 aliphatic rings. The van der Waals surface area contributed by atoms with E-state index in [1.807, 2.05) is 72.8 Å². The van der Waals surface area contributed by atoms with Crippen molar-refractivity contribution in [1.29, 1.82) is 0 Å². The third-order valence-electron chi connectivity index (χ3n) is 4.37. The smallest absolute Gasteiger partial charge is 0.236 e. The minimum absolute atomic E-state index is 0.0188. The lowest BCUT2D eigenvalue weighted by atomic mass is 9.90. The van der Waals surface area contributed by atoms with E-state index < -0.39 is 0 Å². The van der Waals surface area contributed by atoms with E-state index in [2.05, 4.69) is 31.3 Å². The molecule has 0 saturated heterocycles. The molecule has 3 aromatic rings. The maximum Gasteiger partial charge on any atom is 0.236 e. The van der Waals surface area contributed by atoms with Crippen LogP contribution in [0.4, 0.5) is 5.69 Å². The molecule has 0 fully saturated rings. The second kappa shape index (κ2) is 7.80. The zero-order chi connectivity index (χ0) is 17.6. The van der Waals surface area contributed by atoms with Gasteiger partial charge in [-0.2, -0.15) is 0 Å². The Morgan fingerprint density at radius 2 is 1.16 bits per heavy atom. The van der Waals surface area contributed by atoms with Crippen LogP contribution in [0, 0.1) is 0 Å². The lowest BCUT2D eigenvalue weighted by Gasteiger charge is -2.18. The predicted molar refractivity (Wildman–Crippen MR) is 104 cm³/mol. The molecule has 126 valence electrons. The Morgan fingerprint density at radius 1 is 0.680 bits per heavy atom. The standard InChI is InChI=1S/C23H23NO/c1-17(2)18-13-15-21(16-14-18)24-23(25)22(19-9-5-3-6-10-19)20-11-7-4-8-12-20/h3-17,22H,1-2H3,(H,24,25). The molecule has 1 N–H and O–H groups in total. The summed E-state index contributed by atoms with van der Waals surface area (Å²) in [7, 11) is 0. The summed E-state index contributed by atoms with van der Waals surface area (Å²) in [5, 5.41) is 3.07. The number of carbonyl (C=O) groups is 1. The predicted octanol–water partition coefficient (Wildman–Crippen LogP) is 5.58. The Balaban J connectivity index is 1.87. The van der Waals surface area contributed by atoms with E-state index in [0.29, 0.717) is 5.92 Å². The number of benzene rings is 3. The molecule has 0 heterocycles. The average molecular weight is 329 g/mol. The zero-order valence-corrected chi connectivity index (χ0v) is 14.6. The number of nitrogens with one attached hydrogen (secondary N) is 1. The van der Waals surface area contributed by atoms with E-state index in [1.54, 1.807) is 0 Å². The van der Waals surface area contributed by atoms with Gasteiger partial charge in [0.15, 0.2) is 0 Å². The molecule has 0 radical (unpaired) electrons. The first-order valence-electron chi connectivity index (χ1n) is 8.66. The van der Waals surface area contributed by atoms with Gasteiger partial charge >= 0.3 is 0 Å². The SMILES string of the molecule is CC(C)c1ccc(NC(=O)C(c2ccccc2)c2ccccc2)cc1. The topological polar surface area (TPSA) is 29.1 Å². The van der Waals surface area contributed by atoms with Gasteiger partial charge in [0.1, 0.15) is 0 Å². The molecule has 2 nitrogen and oxygen atoms in total. The molecule has 2 heteroatoms. The lowest BCUT2D eigenvalue weighted by Crippen LogP contribution is -2.22. The average Bonchev–Trinajstić information content (AvgIpc) is 2.64. The molecule has 0 aliphatic heterocycles. The van der Waals surface area contributed by atoms with E-state index >= 15 is 0 Å². The van der Waals surface area contributed by atoms with Gasteiger partial charge in [0.05, 0.1) is 5.92 Å². The Kier molecular flexibility index (Phi) is 5.30. The number of hydrogen-bond donors (Lipinski definition) is 1. The molecule has 0 bridgehead atoms. The summed E-state index contributed by atoms with van der Waals surface area (Å²) < 4.78 is 0. The quantitative estimate of drug-likeness (QED) is 0.650. The van der Waals surface area contributed by atoms with E-state index in [4.69, 9.17) is 0 Å². The molecule has 0 aromatic heterocycles. The highest BCUT2D eigenvalue weighted by atomic mass is 16.1. The van der Waals surface area contributed by atoms with Gasteiger partial charge in [-0.1, -0.05) is 86.6 Å². The maximum atomic E-state index is 13.0. The van der Waals surface area contributed by atoms with Crippen LogP contribution in [0.5, 0.6) is 0 Å². The number of rotatable bonds is 5. The van der Waals surface area contributed by atoms with Crippen molar-refractivity contribution in [1.82, 2.24) is 0 Å². The monoisotopic (exact) mass is 329 g/mol. The highest BCUT2D eigenvalue weighted by molar-refractivity contribution is 5.98. The summed E-state index contributed by atoms with van der Waals surface area (Å²) in [6, 6.07) is 27.9. The van der Waals surface area contributed by atoms with Crippen LogP contribution in [-0.2, 0) is 4.79 Å². The molecule has 0 aliphatic carbocycles. The van der Waals surface area contributed by atoms with E-state index in [9.17, 15) is 4.79 Å². The van der Waals surface area contributed by atoms with Crippen LogP contribution < -0.4 is 5.32 Å². The van der Waals surface area contributed by atoms with Gasteiger partial charge in [0, 0.05) is 5.69 Å². The fourth-order valence-corrected chi connectivity index (χ4v) is 2.95. The minimum Gasteiger partial charge on any atom is -0.325 e. The Labute approximate surface area is 149 Å². The van der Waals surface area contributed by atoms with E-state index in [0.717, 1.165) is 16.8 Å². The van der Waals surface area contributed by atoms with Crippen LogP contribution >= 0.6 is 0 Å². The second-order valence-electron chi connectivity index (χ2n) is 6.52. The molecule has 3 rings (SSSR count). The largest absolute Gasteiger partial charge is 0.325 e. The summed E-state index contributed by atoms with van der Waals surface area (Å²) in [5.74, 6) is 0.132. The highest BCUT2D eigenvalue weighted by Crippen LogP contribution is 2.26. The maximum absolute atomic E-state index is 13.0. The van der Waals surface area contributed by atoms with Gasteiger partial charge in [-0.3, -0.25) is 4.79 Å². The van der Waals surface area contributed by atoms with Crippen LogP contribution in [-0.4, -0.2) is 5.91 Å². The first-order chi connectivity index (χ1) is 12.1. The second-order valence-corrected chi connectivity index (χ2v) is 6.52. The molecule has 0 atom stereocenters. The van der Waals surface area contributed by atoms with Crippen molar-refractivity contribution >= 4 is 11.6 Å². The molecule has 1 amide bonds. The van der Waals surface area contributed by atoms with Crippen molar-refractivity contribution in [2.45, 2.75) is 25.7 Å². The van der Waals surface area contributed by atoms with Crippen molar-refractivity contribution < 1.29 is 4.79 Å². The lowest BCUT2D eigenvalue weighted by molar-refractivity contribution is -0.116. The number of amides is 1. The van der Waals surface area contributed by atoms with Crippen LogP contribution in [0.3, 0.4) is 0 Å². The van der Waals surface area contributed by atoms with Crippen molar-refractivity contribution in [3.8, 4) is 0 Å². The minimum atomic E-state index is -0.327. The molecule has 0 spiro atoms. The summed E-state index contributed by atoms with van der Waals surface area (Å²) >= 11 is 0. The van der Waals surface area contributed by atoms with Crippen molar-refractivity contribution in [3.05, 3.63) is 102 Å². The normalized spacial score (nSPS) is 10.9. The summed E-state index contributed by atoms with van der Waals surface area (Å²) in [4.78, 5) is 13.0. The number of anilines is 1. The zero-order valence-electron chi connectivity index (χ0n) is 14.6.